The maximum Gasteiger partial charge on any atom is 0.297 e. The van der Waals surface area contributed by atoms with E-state index in [0.29, 0.717) is 6.61 Å². The molecular weight excluding hydrogens is 268 g/mol. The predicted octanol–water partition coefficient (Wildman–Crippen LogP) is 1.38. The molecule has 1 aromatic carbocycles. The number of hydrogen-bond donors (Lipinski definition) is 0. The fraction of sp³-hybridized carbons (Fsp3) is 0.385. The van der Waals surface area contributed by atoms with Gasteiger partial charge < -0.3 is 9.47 Å². The van der Waals surface area contributed by atoms with Crippen LogP contribution in [0, 0.1) is 6.92 Å². The third-order valence-electron chi connectivity index (χ3n) is 3.21. The number of fused-ring (bicyclic) bond motifs is 2. The Hall–Kier alpha value is -1.37. The minimum absolute atomic E-state index is 0.145. The van der Waals surface area contributed by atoms with Gasteiger partial charge in [-0.3, -0.25) is 4.18 Å². The number of benzene rings is 1. The summed E-state index contributed by atoms with van der Waals surface area (Å²) < 4.78 is 40.3. The third-order valence-corrected chi connectivity index (χ3v) is 4.54. The average molecular weight is 282 g/mol. The summed E-state index contributed by atoms with van der Waals surface area (Å²) in [4.78, 5) is 0.145. The van der Waals surface area contributed by atoms with Gasteiger partial charge in [-0.2, -0.15) is 8.42 Å². The van der Waals surface area contributed by atoms with Gasteiger partial charge in [0.25, 0.3) is 10.1 Å². The second-order valence-electron chi connectivity index (χ2n) is 4.63. The van der Waals surface area contributed by atoms with Crippen LogP contribution in [0.2, 0.25) is 0 Å². The zero-order valence-corrected chi connectivity index (χ0v) is 11.2. The highest BCUT2D eigenvalue weighted by Crippen LogP contribution is 2.29. The van der Waals surface area contributed by atoms with Gasteiger partial charge in [-0.15, -0.1) is 0 Å². The van der Waals surface area contributed by atoms with Crippen LogP contribution in [0.1, 0.15) is 5.56 Å². The molecular formula is C13H14O5S. The second-order valence-corrected chi connectivity index (χ2v) is 6.20. The molecule has 0 aromatic heterocycles. The lowest BCUT2D eigenvalue weighted by atomic mass is 10.1. The largest absolute Gasteiger partial charge is 0.493 e. The Morgan fingerprint density at radius 2 is 2.00 bits per heavy atom. The molecule has 3 atom stereocenters. The molecule has 6 heteroatoms. The third kappa shape index (κ3) is 2.39. The average Bonchev–Trinajstić information content (AvgIpc) is 2.62. The zero-order valence-electron chi connectivity index (χ0n) is 10.4. The fourth-order valence-electron chi connectivity index (χ4n) is 2.14. The van der Waals surface area contributed by atoms with Crippen LogP contribution in [0.5, 0.6) is 0 Å². The number of hydrogen-bond acceptors (Lipinski definition) is 5. The normalized spacial score (nSPS) is 29.2. The molecule has 0 spiro atoms. The van der Waals surface area contributed by atoms with Crippen molar-refractivity contribution in [2.45, 2.75) is 30.1 Å². The highest BCUT2D eigenvalue weighted by atomic mass is 32.2. The van der Waals surface area contributed by atoms with Crippen molar-refractivity contribution in [2.75, 3.05) is 6.61 Å². The van der Waals surface area contributed by atoms with Crippen LogP contribution in [0.4, 0.5) is 0 Å². The van der Waals surface area contributed by atoms with Crippen molar-refractivity contribution in [3.8, 4) is 0 Å². The molecule has 0 aliphatic carbocycles. The van der Waals surface area contributed by atoms with Gasteiger partial charge in [0.2, 0.25) is 0 Å². The Kier molecular flexibility index (Phi) is 3.08. The first-order chi connectivity index (χ1) is 9.06. The van der Waals surface area contributed by atoms with Crippen molar-refractivity contribution in [1.82, 2.24) is 0 Å². The lowest BCUT2D eigenvalue weighted by Gasteiger charge is -2.23. The van der Waals surface area contributed by atoms with E-state index in [0.717, 1.165) is 5.56 Å². The van der Waals surface area contributed by atoms with E-state index < -0.39 is 16.2 Å². The summed E-state index contributed by atoms with van der Waals surface area (Å²) in [7, 11) is -3.80. The molecule has 1 saturated heterocycles. The lowest BCUT2D eigenvalue weighted by Crippen LogP contribution is -2.37. The summed E-state index contributed by atoms with van der Waals surface area (Å²) in [6.45, 7) is 2.23. The molecule has 2 aliphatic heterocycles. The van der Waals surface area contributed by atoms with Crippen LogP contribution in [0.15, 0.2) is 41.5 Å². The van der Waals surface area contributed by atoms with E-state index in [4.69, 9.17) is 13.7 Å². The van der Waals surface area contributed by atoms with Crippen LogP contribution >= 0.6 is 0 Å². The summed E-state index contributed by atoms with van der Waals surface area (Å²) in [6.07, 6.45) is 1.85. The molecule has 0 unspecified atom stereocenters. The van der Waals surface area contributed by atoms with Crippen molar-refractivity contribution in [2.24, 2.45) is 0 Å². The van der Waals surface area contributed by atoms with Gasteiger partial charge in [0, 0.05) is 0 Å². The van der Waals surface area contributed by atoms with Crippen molar-refractivity contribution < 1.29 is 22.1 Å². The van der Waals surface area contributed by atoms with Crippen LogP contribution in [0.3, 0.4) is 0 Å². The van der Waals surface area contributed by atoms with E-state index in [2.05, 4.69) is 0 Å². The van der Waals surface area contributed by atoms with Crippen molar-refractivity contribution in [1.29, 1.82) is 0 Å². The maximum absolute atomic E-state index is 12.2. The minimum atomic E-state index is -3.80. The van der Waals surface area contributed by atoms with Crippen molar-refractivity contribution >= 4 is 10.1 Å². The fourth-order valence-corrected chi connectivity index (χ4v) is 3.24. The zero-order chi connectivity index (χ0) is 13.5. The first kappa shape index (κ1) is 12.7. The molecule has 102 valence electrons. The first-order valence-electron chi connectivity index (χ1n) is 6.00. The van der Waals surface area contributed by atoms with Gasteiger partial charge in [-0.25, -0.2) is 0 Å². The molecule has 0 radical (unpaired) electrons. The first-order valence-corrected chi connectivity index (χ1v) is 7.41. The standard InChI is InChI=1S/C13H14O5S/c1-9-2-4-10(5-3-9)19(14,15)18-13-11-6-7-16-12(13)8-17-11/h2-7,11-13H,8H2,1H3/t11-,12-,13-/m1/s1. The van der Waals surface area contributed by atoms with Crippen LogP contribution in [-0.4, -0.2) is 33.3 Å². The Morgan fingerprint density at radius 1 is 1.26 bits per heavy atom. The Balaban J connectivity index is 1.82. The van der Waals surface area contributed by atoms with Gasteiger partial charge in [-0.05, 0) is 25.1 Å². The molecule has 5 nitrogen and oxygen atoms in total. The molecule has 0 saturated carbocycles. The van der Waals surface area contributed by atoms with E-state index >= 15 is 0 Å². The van der Waals surface area contributed by atoms with Crippen LogP contribution in [-0.2, 0) is 23.8 Å². The summed E-state index contributed by atoms with van der Waals surface area (Å²) in [6, 6.07) is 6.54. The van der Waals surface area contributed by atoms with Gasteiger partial charge in [0.15, 0.2) is 6.10 Å². The van der Waals surface area contributed by atoms with E-state index in [1.165, 1.54) is 18.4 Å². The predicted molar refractivity (Wildman–Crippen MR) is 67.0 cm³/mol. The molecule has 3 rings (SSSR count). The number of rotatable bonds is 3. The smallest absolute Gasteiger partial charge is 0.297 e. The quantitative estimate of drug-likeness (QED) is 0.784. The molecule has 0 N–H and O–H groups in total. The molecule has 2 aliphatic rings. The summed E-state index contributed by atoms with van der Waals surface area (Å²) in [5, 5.41) is 0. The van der Waals surface area contributed by atoms with Crippen LogP contribution < -0.4 is 0 Å². The highest BCUT2D eigenvalue weighted by molar-refractivity contribution is 7.86. The van der Waals surface area contributed by atoms with E-state index in [1.54, 1.807) is 18.2 Å². The molecule has 1 fully saturated rings. The topological polar surface area (TPSA) is 61.8 Å². The molecule has 19 heavy (non-hydrogen) atoms. The molecule has 2 heterocycles. The van der Waals surface area contributed by atoms with E-state index in [-0.39, 0.29) is 17.1 Å². The number of ether oxygens (including phenoxy) is 2. The Morgan fingerprint density at radius 3 is 2.68 bits per heavy atom. The SMILES string of the molecule is Cc1ccc(S(=O)(=O)O[C@@H]2[C@H]3C=CO[C@@H]2CO3)cc1. The van der Waals surface area contributed by atoms with E-state index in [9.17, 15) is 8.42 Å². The lowest BCUT2D eigenvalue weighted by molar-refractivity contribution is 0.0389. The second kappa shape index (κ2) is 4.63. The maximum atomic E-state index is 12.2. The summed E-state index contributed by atoms with van der Waals surface area (Å²) in [5.41, 5.74) is 0.992. The molecule has 0 amide bonds. The number of aryl methyl sites for hydroxylation is 1. The van der Waals surface area contributed by atoms with Crippen molar-refractivity contribution in [3.63, 3.8) is 0 Å². The van der Waals surface area contributed by atoms with Gasteiger partial charge in [0.05, 0.1) is 17.8 Å². The molecule has 2 bridgehead atoms. The highest BCUT2D eigenvalue weighted by Gasteiger charge is 2.43. The molecule has 1 aromatic rings. The Bertz CT molecular complexity index is 590. The van der Waals surface area contributed by atoms with E-state index in [1.807, 2.05) is 6.92 Å². The summed E-state index contributed by atoms with van der Waals surface area (Å²) in [5.74, 6) is 0. The van der Waals surface area contributed by atoms with Gasteiger partial charge >= 0.3 is 0 Å². The van der Waals surface area contributed by atoms with Gasteiger partial charge in [0.1, 0.15) is 12.2 Å². The Labute approximate surface area is 111 Å². The van der Waals surface area contributed by atoms with Crippen molar-refractivity contribution in [3.05, 3.63) is 42.2 Å². The minimum Gasteiger partial charge on any atom is -0.493 e. The van der Waals surface area contributed by atoms with Gasteiger partial charge in [-0.1, -0.05) is 17.7 Å². The summed E-state index contributed by atoms with van der Waals surface area (Å²) >= 11 is 0. The monoisotopic (exact) mass is 282 g/mol. The van der Waals surface area contributed by atoms with Crippen LogP contribution in [0.25, 0.3) is 0 Å².